The molecule has 1 unspecified atom stereocenters. The second-order valence-corrected chi connectivity index (χ2v) is 3.91. The fourth-order valence-corrected chi connectivity index (χ4v) is 1.53. The summed E-state index contributed by atoms with van der Waals surface area (Å²) in [5, 5.41) is 8.40. The Bertz CT molecular complexity index is 488. The van der Waals surface area contributed by atoms with Crippen molar-refractivity contribution < 1.29 is 9.53 Å². The average molecular weight is 249 g/mol. The van der Waals surface area contributed by atoms with Gasteiger partial charge in [-0.3, -0.25) is 9.78 Å². The zero-order chi connectivity index (χ0) is 13.1. The van der Waals surface area contributed by atoms with Crippen LogP contribution >= 0.6 is 0 Å². The Morgan fingerprint density at radius 1 is 1.44 bits per heavy atom. The lowest BCUT2D eigenvalue weighted by atomic mass is 10.2. The average Bonchev–Trinajstić information content (AvgIpc) is 2.41. The predicted octanol–water partition coefficient (Wildman–Crippen LogP) is -0.0928. The first kappa shape index (κ1) is 12.4. The number of rotatable bonds is 3. The Morgan fingerprint density at radius 3 is 2.83 bits per heavy atom. The van der Waals surface area contributed by atoms with Crippen molar-refractivity contribution in [2.75, 3.05) is 20.7 Å². The monoisotopic (exact) mass is 249 g/mol. The molecule has 1 atom stereocenters. The van der Waals surface area contributed by atoms with Gasteiger partial charge in [0.25, 0.3) is 11.8 Å². The number of nitrogens with one attached hydrogen (secondary N) is 1. The van der Waals surface area contributed by atoms with Gasteiger partial charge in [-0.25, -0.2) is 9.99 Å². The highest BCUT2D eigenvalue weighted by Gasteiger charge is 2.24. The maximum Gasteiger partial charge on any atom is 0.280 e. The third kappa shape index (κ3) is 2.30. The largest absolute Gasteiger partial charge is 0.465 e. The third-order valence-electron chi connectivity index (χ3n) is 2.71. The first-order chi connectivity index (χ1) is 8.63. The van der Waals surface area contributed by atoms with Gasteiger partial charge in [-0.1, -0.05) is 0 Å². The zero-order valence-corrected chi connectivity index (χ0v) is 10.5. The Kier molecular flexibility index (Phi) is 3.52. The smallest absolute Gasteiger partial charge is 0.280 e. The van der Waals surface area contributed by atoms with Crippen LogP contribution in [-0.4, -0.2) is 47.5 Å². The van der Waals surface area contributed by atoms with Crippen LogP contribution in [0.15, 0.2) is 17.5 Å². The van der Waals surface area contributed by atoms with Gasteiger partial charge in [-0.15, -0.1) is 5.10 Å². The van der Waals surface area contributed by atoms with Crippen LogP contribution in [0.3, 0.4) is 0 Å². The SMILES string of the molecule is CNC(C)c1nccnc1C1=NN(C)C(=O)CO1. The lowest BCUT2D eigenvalue weighted by Gasteiger charge is -2.21. The van der Waals surface area contributed by atoms with Gasteiger partial charge in [0, 0.05) is 25.5 Å². The minimum atomic E-state index is -0.189. The van der Waals surface area contributed by atoms with Crippen molar-refractivity contribution >= 4 is 11.8 Å². The van der Waals surface area contributed by atoms with Crippen molar-refractivity contribution in [2.45, 2.75) is 13.0 Å². The molecule has 0 fully saturated rings. The zero-order valence-electron chi connectivity index (χ0n) is 10.5. The minimum absolute atomic E-state index is 0.0166. The summed E-state index contributed by atoms with van der Waals surface area (Å²) < 4.78 is 5.31. The Balaban J connectivity index is 2.39. The Morgan fingerprint density at radius 2 is 2.17 bits per heavy atom. The van der Waals surface area contributed by atoms with E-state index in [9.17, 15) is 4.79 Å². The van der Waals surface area contributed by atoms with Crippen molar-refractivity contribution in [1.29, 1.82) is 0 Å². The van der Waals surface area contributed by atoms with E-state index >= 15 is 0 Å². The van der Waals surface area contributed by atoms with Crippen LogP contribution in [0.4, 0.5) is 0 Å². The first-order valence-electron chi connectivity index (χ1n) is 5.60. The van der Waals surface area contributed by atoms with Gasteiger partial charge < -0.3 is 10.1 Å². The van der Waals surface area contributed by atoms with E-state index in [4.69, 9.17) is 4.74 Å². The highest BCUT2D eigenvalue weighted by atomic mass is 16.5. The van der Waals surface area contributed by atoms with Gasteiger partial charge in [-0.2, -0.15) is 0 Å². The predicted molar refractivity (Wildman–Crippen MR) is 64.8 cm³/mol. The van der Waals surface area contributed by atoms with Crippen molar-refractivity contribution in [3.8, 4) is 0 Å². The van der Waals surface area contributed by atoms with Crippen LogP contribution in [-0.2, 0) is 9.53 Å². The van der Waals surface area contributed by atoms with Crippen molar-refractivity contribution in [2.24, 2.45) is 5.10 Å². The van der Waals surface area contributed by atoms with E-state index in [1.165, 1.54) is 5.01 Å². The fraction of sp³-hybridized carbons (Fsp3) is 0.455. The van der Waals surface area contributed by atoms with E-state index in [0.717, 1.165) is 5.69 Å². The van der Waals surface area contributed by atoms with Crippen molar-refractivity contribution in [3.63, 3.8) is 0 Å². The molecule has 0 saturated carbocycles. The molecule has 1 amide bonds. The molecule has 0 spiro atoms. The summed E-state index contributed by atoms with van der Waals surface area (Å²) in [6, 6.07) is 0.0166. The molecule has 18 heavy (non-hydrogen) atoms. The normalized spacial score (nSPS) is 17.2. The topological polar surface area (TPSA) is 79.7 Å². The summed E-state index contributed by atoms with van der Waals surface area (Å²) in [6.07, 6.45) is 3.19. The first-order valence-corrected chi connectivity index (χ1v) is 5.60. The van der Waals surface area contributed by atoms with E-state index in [0.29, 0.717) is 11.6 Å². The number of amides is 1. The fourth-order valence-electron chi connectivity index (χ4n) is 1.53. The molecule has 1 aromatic rings. The molecule has 2 rings (SSSR count). The van der Waals surface area contributed by atoms with Gasteiger partial charge in [0.2, 0.25) is 0 Å². The van der Waals surface area contributed by atoms with Crippen LogP contribution in [0.5, 0.6) is 0 Å². The number of aromatic nitrogens is 2. The molecule has 96 valence electrons. The van der Waals surface area contributed by atoms with E-state index in [-0.39, 0.29) is 18.6 Å². The summed E-state index contributed by atoms with van der Waals surface area (Å²) in [5.41, 5.74) is 1.29. The molecule has 2 heterocycles. The number of nitrogens with zero attached hydrogens (tertiary/aromatic N) is 4. The molecule has 0 saturated heterocycles. The maximum atomic E-state index is 11.3. The Hall–Kier alpha value is -2.02. The molecule has 1 aliphatic rings. The standard InChI is InChI=1S/C11H15N5O2/c1-7(12-2)9-10(14-5-4-13-9)11-15-16(3)8(17)6-18-11/h4-5,7,12H,6H2,1-3H3. The van der Waals surface area contributed by atoms with E-state index in [1.807, 2.05) is 14.0 Å². The summed E-state index contributed by atoms with van der Waals surface area (Å²) in [6.45, 7) is 1.94. The lowest BCUT2D eigenvalue weighted by molar-refractivity contribution is -0.134. The molecule has 1 N–H and O–H groups in total. The number of hydrazone groups is 1. The van der Waals surface area contributed by atoms with Gasteiger partial charge in [-0.05, 0) is 14.0 Å². The van der Waals surface area contributed by atoms with Crippen LogP contribution in [0.25, 0.3) is 0 Å². The molecule has 0 aliphatic carbocycles. The molecule has 0 bridgehead atoms. The quantitative estimate of drug-likeness (QED) is 0.809. The number of carbonyl (C=O) groups excluding carboxylic acids is 1. The van der Waals surface area contributed by atoms with Crippen molar-refractivity contribution in [1.82, 2.24) is 20.3 Å². The van der Waals surface area contributed by atoms with E-state index in [2.05, 4.69) is 20.4 Å². The molecular weight excluding hydrogens is 234 g/mol. The molecule has 7 nitrogen and oxygen atoms in total. The number of likely N-dealkylation sites (N-methyl/N-ethyl adjacent to an activating group) is 1. The van der Waals surface area contributed by atoms with Crippen LogP contribution in [0, 0.1) is 0 Å². The van der Waals surface area contributed by atoms with Gasteiger partial charge in [0.1, 0.15) is 5.69 Å². The van der Waals surface area contributed by atoms with Gasteiger partial charge in [0.15, 0.2) is 6.61 Å². The lowest BCUT2D eigenvalue weighted by Crippen LogP contribution is -2.35. The highest BCUT2D eigenvalue weighted by molar-refractivity contribution is 5.97. The molecule has 0 aromatic carbocycles. The van der Waals surface area contributed by atoms with E-state index in [1.54, 1.807) is 19.4 Å². The third-order valence-corrected chi connectivity index (χ3v) is 2.71. The van der Waals surface area contributed by atoms with Gasteiger partial charge >= 0.3 is 0 Å². The van der Waals surface area contributed by atoms with Gasteiger partial charge in [0.05, 0.1) is 5.69 Å². The molecular formula is C11H15N5O2. The summed E-state index contributed by atoms with van der Waals surface area (Å²) in [5.74, 6) is 0.133. The van der Waals surface area contributed by atoms with Crippen LogP contribution in [0.2, 0.25) is 0 Å². The highest BCUT2D eigenvalue weighted by Crippen LogP contribution is 2.15. The molecule has 1 aliphatic heterocycles. The number of carbonyl (C=O) groups is 1. The number of hydrogen-bond acceptors (Lipinski definition) is 6. The molecule has 0 radical (unpaired) electrons. The van der Waals surface area contributed by atoms with Crippen molar-refractivity contribution in [3.05, 3.63) is 23.8 Å². The molecule has 7 heteroatoms. The maximum absolute atomic E-state index is 11.3. The summed E-state index contributed by atoms with van der Waals surface area (Å²) >= 11 is 0. The minimum Gasteiger partial charge on any atom is -0.465 e. The Labute approximate surface area is 105 Å². The second-order valence-electron chi connectivity index (χ2n) is 3.91. The molecule has 1 aromatic heterocycles. The van der Waals surface area contributed by atoms with Crippen LogP contribution < -0.4 is 5.32 Å². The van der Waals surface area contributed by atoms with Crippen LogP contribution in [0.1, 0.15) is 24.4 Å². The number of hydrogen-bond donors (Lipinski definition) is 1. The summed E-state index contributed by atoms with van der Waals surface area (Å²) in [7, 11) is 3.42. The summed E-state index contributed by atoms with van der Waals surface area (Å²) in [4.78, 5) is 19.8. The second kappa shape index (κ2) is 5.09. The van der Waals surface area contributed by atoms with E-state index < -0.39 is 0 Å². The number of ether oxygens (including phenoxy) is 1.